The molecule has 0 spiro atoms. The Hall–Kier alpha value is -1.71. The van der Waals surface area contributed by atoms with E-state index in [4.69, 9.17) is 21.1 Å². The van der Waals surface area contributed by atoms with Gasteiger partial charge in [-0.25, -0.2) is 0 Å². The van der Waals surface area contributed by atoms with Gasteiger partial charge in [0.15, 0.2) is 0 Å². The standard InChI is InChI=1S/C27H36ClNO6/c28-22-10-7-19(27-26(33)25(32)24(31)23(17-30)35-27)16-20(22)15-18-5-8-21(9-6-18)34-14-4-3-13-29-11-1-2-12-29/h5-10,16,23-27,30-33H,1-4,11-15,17H2/t23-,24-,25+,26-,27+/m1/s1. The molecule has 7 nitrogen and oxygen atoms in total. The number of likely N-dealkylation sites (tertiary alicyclic amines) is 1. The zero-order valence-electron chi connectivity index (χ0n) is 19.9. The first-order chi connectivity index (χ1) is 17.0. The maximum atomic E-state index is 10.4. The fourth-order valence-corrected chi connectivity index (χ4v) is 5.03. The van der Waals surface area contributed by atoms with Gasteiger partial charge < -0.3 is 34.8 Å². The SMILES string of the molecule is OC[C@H]1O[C@@H](c2ccc(Cl)c(Cc3ccc(OCCCCN4CCCC4)cc3)c2)[C@H](O)[C@@H](O)[C@@H]1O. The van der Waals surface area contributed by atoms with Crippen LogP contribution < -0.4 is 4.74 Å². The Morgan fingerprint density at radius 1 is 0.943 bits per heavy atom. The predicted molar refractivity (Wildman–Crippen MR) is 134 cm³/mol. The second-order valence-corrected chi connectivity index (χ2v) is 9.93. The second kappa shape index (κ2) is 12.5. The van der Waals surface area contributed by atoms with Crippen LogP contribution in [0.1, 0.15) is 48.5 Å². The molecule has 2 aliphatic heterocycles. The van der Waals surface area contributed by atoms with Gasteiger partial charge >= 0.3 is 0 Å². The smallest absolute Gasteiger partial charge is 0.119 e. The fourth-order valence-electron chi connectivity index (χ4n) is 4.84. The largest absolute Gasteiger partial charge is 0.494 e. The van der Waals surface area contributed by atoms with Crippen LogP contribution in [0, 0.1) is 0 Å². The number of hydrogen-bond acceptors (Lipinski definition) is 7. The van der Waals surface area contributed by atoms with Gasteiger partial charge in [-0.2, -0.15) is 0 Å². The Morgan fingerprint density at radius 3 is 2.40 bits per heavy atom. The minimum absolute atomic E-state index is 0.464. The van der Waals surface area contributed by atoms with Crippen molar-refractivity contribution < 1.29 is 29.9 Å². The van der Waals surface area contributed by atoms with Gasteiger partial charge in [-0.15, -0.1) is 0 Å². The summed E-state index contributed by atoms with van der Waals surface area (Å²) in [5.74, 6) is 0.844. The van der Waals surface area contributed by atoms with Crippen molar-refractivity contribution in [3.05, 3.63) is 64.2 Å². The molecule has 0 radical (unpaired) electrons. The third kappa shape index (κ3) is 6.74. The molecule has 2 saturated heterocycles. The number of unbranched alkanes of at least 4 members (excludes halogenated alkanes) is 1. The first-order valence-corrected chi connectivity index (χ1v) is 12.9. The van der Waals surface area contributed by atoms with Gasteiger partial charge in [0.05, 0.1) is 13.2 Å². The Kier molecular flexibility index (Phi) is 9.41. The van der Waals surface area contributed by atoms with Crippen molar-refractivity contribution >= 4 is 11.6 Å². The third-order valence-electron chi connectivity index (χ3n) is 6.94. The molecule has 2 fully saturated rings. The molecule has 2 heterocycles. The zero-order chi connectivity index (χ0) is 24.8. The molecule has 4 rings (SSSR count). The Balaban J connectivity index is 1.33. The Bertz CT molecular complexity index is 934. The summed E-state index contributed by atoms with van der Waals surface area (Å²) in [4.78, 5) is 2.52. The zero-order valence-corrected chi connectivity index (χ0v) is 20.7. The minimum atomic E-state index is -1.42. The molecule has 0 aliphatic carbocycles. The van der Waals surface area contributed by atoms with E-state index in [0.717, 1.165) is 36.3 Å². The first-order valence-electron chi connectivity index (χ1n) is 12.5. The average Bonchev–Trinajstić information content (AvgIpc) is 3.39. The van der Waals surface area contributed by atoms with E-state index in [1.807, 2.05) is 30.3 Å². The summed E-state index contributed by atoms with van der Waals surface area (Å²) in [6.07, 6.45) is -0.554. The molecule has 5 atom stereocenters. The molecule has 0 aromatic heterocycles. The lowest BCUT2D eigenvalue weighted by atomic mass is 9.90. The van der Waals surface area contributed by atoms with Crippen LogP contribution in [0.3, 0.4) is 0 Å². The lowest BCUT2D eigenvalue weighted by Crippen LogP contribution is -2.55. The van der Waals surface area contributed by atoms with Gasteiger partial charge in [-0.05, 0) is 86.6 Å². The van der Waals surface area contributed by atoms with Gasteiger partial charge in [0, 0.05) is 5.02 Å². The van der Waals surface area contributed by atoms with E-state index in [0.29, 0.717) is 23.6 Å². The predicted octanol–water partition coefficient (Wildman–Crippen LogP) is 2.70. The summed E-state index contributed by atoms with van der Waals surface area (Å²) >= 11 is 6.44. The molecule has 0 bridgehead atoms. The number of hydrogen-bond donors (Lipinski definition) is 4. The summed E-state index contributed by atoms with van der Waals surface area (Å²) in [7, 11) is 0. The fraction of sp³-hybridized carbons (Fsp3) is 0.556. The van der Waals surface area contributed by atoms with Crippen molar-refractivity contribution in [3.8, 4) is 5.75 Å². The van der Waals surface area contributed by atoms with Crippen LogP contribution in [0.15, 0.2) is 42.5 Å². The highest BCUT2D eigenvalue weighted by molar-refractivity contribution is 6.31. The second-order valence-electron chi connectivity index (χ2n) is 9.53. The van der Waals surface area contributed by atoms with Crippen LogP contribution in [0.25, 0.3) is 0 Å². The number of benzene rings is 2. The molecule has 8 heteroatoms. The van der Waals surface area contributed by atoms with Gasteiger partial charge in [0.2, 0.25) is 0 Å². The molecule has 0 unspecified atom stereocenters. The lowest BCUT2D eigenvalue weighted by Gasteiger charge is -2.40. The van der Waals surface area contributed by atoms with E-state index < -0.39 is 37.1 Å². The molecular formula is C27H36ClNO6. The van der Waals surface area contributed by atoms with Gasteiger partial charge in [0.25, 0.3) is 0 Å². The molecule has 4 N–H and O–H groups in total. The van der Waals surface area contributed by atoms with E-state index in [1.54, 1.807) is 12.1 Å². The molecule has 2 aromatic carbocycles. The van der Waals surface area contributed by atoms with E-state index in [9.17, 15) is 20.4 Å². The first kappa shape index (κ1) is 26.4. The van der Waals surface area contributed by atoms with Gasteiger partial charge in [-0.1, -0.05) is 35.9 Å². The molecule has 192 valence electrons. The molecular weight excluding hydrogens is 470 g/mol. The summed E-state index contributed by atoms with van der Waals surface area (Å²) < 4.78 is 11.6. The summed E-state index contributed by atoms with van der Waals surface area (Å²) in [6, 6.07) is 13.2. The monoisotopic (exact) mass is 505 g/mol. The van der Waals surface area contributed by atoms with Crippen molar-refractivity contribution in [1.29, 1.82) is 0 Å². The number of ether oxygens (including phenoxy) is 2. The quantitative estimate of drug-likeness (QED) is 0.368. The van der Waals surface area contributed by atoms with Crippen LogP contribution in [-0.4, -0.2) is 82.6 Å². The van der Waals surface area contributed by atoms with Crippen molar-refractivity contribution in [3.63, 3.8) is 0 Å². The van der Waals surface area contributed by atoms with Crippen molar-refractivity contribution in [2.45, 2.75) is 62.6 Å². The third-order valence-corrected chi connectivity index (χ3v) is 7.31. The van der Waals surface area contributed by atoms with E-state index in [1.165, 1.54) is 25.9 Å². The van der Waals surface area contributed by atoms with Crippen LogP contribution in [0.2, 0.25) is 5.02 Å². The van der Waals surface area contributed by atoms with Crippen LogP contribution in [0.4, 0.5) is 0 Å². The molecule has 2 aliphatic rings. The molecule has 0 amide bonds. The lowest BCUT2D eigenvalue weighted by molar-refractivity contribution is -0.231. The number of aliphatic hydroxyl groups excluding tert-OH is 4. The van der Waals surface area contributed by atoms with Crippen LogP contribution in [-0.2, 0) is 11.2 Å². The molecule has 35 heavy (non-hydrogen) atoms. The number of nitrogens with zero attached hydrogens (tertiary/aromatic N) is 1. The summed E-state index contributed by atoms with van der Waals surface area (Å²) in [5.41, 5.74) is 2.52. The van der Waals surface area contributed by atoms with Crippen molar-refractivity contribution in [2.24, 2.45) is 0 Å². The number of halogens is 1. The highest BCUT2D eigenvalue weighted by atomic mass is 35.5. The average molecular weight is 506 g/mol. The summed E-state index contributed by atoms with van der Waals surface area (Å²) in [6.45, 7) is 3.87. The van der Waals surface area contributed by atoms with Crippen LogP contribution >= 0.6 is 11.6 Å². The highest BCUT2D eigenvalue weighted by Crippen LogP contribution is 2.34. The maximum Gasteiger partial charge on any atom is 0.119 e. The van der Waals surface area contributed by atoms with Crippen molar-refractivity contribution in [2.75, 3.05) is 32.8 Å². The number of rotatable bonds is 10. The minimum Gasteiger partial charge on any atom is -0.494 e. The Labute approximate surface area is 211 Å². The van der Waals surface area contributed by atoms with E-state index in [2.05, 4.69) is 4.90 Å². The van der Waals surface area contributed by atoms with Crippen LogP contribution in [0.5, 0.6) is 5.75 Å². The van der Waals surface area contributed by atoms with E-state index >= 15 is 0 Å². The van der Waals surface area contributed by atoms with Gasteiger partial charge in [0.1, 0.15) is 36.3 Å². The normalized spacial score (nSPS) is 27.3. The van der Waals surface area contributed by atoms with Crippen molar-refractivity contribution in [1.82, 2.24) is 4.90 Å². The summed E-state index contributed by atoms with van der Waals surface area (Å²) in [5, 5.41) is 40.6. The topological polar surface area (TPSA) is 103 Å². The maximum absolute atomic E-state index is 10.4. The molecule has 2 aromatic rings. The highest BCUT2D eigenvalue weighted by Gasteiger charge is 2.44. The van der Waals surface area contributed by atoms with Gasteiger partial charge in [-0.3, -0.25) is 0 Å². The molecule has 0 saturated carbocycles. The number of aliphatic hydroxyl groups is 4. The van der Waals surface area contributed by atoms with E-state index in [-0.39, 0.29) is 0 Å². The Morgan fingerprint density at radius 2 is 1.69 bits per heavy atom.